The maximum Gasteiger partial charge on any atom is 0.416 e. The SMILES string of the molecule is NC(=O)CCC1(c2ccccc2)CCN(C2CCN(C(=O)c3cc(C(F)(F)F)cc(C(F)(F)F)c3)C(Cc3ccccc3)C2)CC1. The van der Waals surface area contributed by atoms with Gasteiger partial charge in [-0.15, -0.1) is 0 Å². The number of primary amides is 1. The third kappa shape index (κ3) is 7.74. The molecule has 2 aliphatic heterocycles. The highest BCUT2D eigenvalue weighted by Gasteiger charge is 2.42. The van der Waals surface area contributed by atoms with Crippen LogP contribution in [0, 0.1) is 0 Å². The van der Waals surface area contributed by atoms with E-state index < -0.39 is 41.0 Å². The number of hydrogen-bond donors (Lipinski definition) is 1. The molecule has 2 aliphatic rings. The molecule has 2 unspecified atom stereocenters. The first-order valence-corrected chi connectivity index (χ1v) is 15.5. The minimum atomic E-state index is -5.05. The van der Waals surface area contributed by atoms with E-state index in [1.165, 1.54) is 4.90 Å². The predicted octanol–water partition coefficient (Wildman–Crippen LogP) is 7.24. The van der Waals surface area contributed by atoms with Crippen molar-refractivity contribution in [2.75, 3.05) is 19.6 Å². The monoisotopic (exact) mass is 645 g/mol. The van der Waals surface area contributed by atoms with Crippen molar-refractivity contribution >= 4 is 11.8 Å². The fourth-order valence-electron chi connectivity index (χ4n) is 7.11. The molecule has 2 saturated heterocycles. The standard InChI is InChI=1S/C35H37F6N3O2/c36-34(37,38)27-20-25(21-28(22-27)35(39,40)41)32(46)44-16-12-29(23-30(44)19-24-7-3-1-4-8-24)43-17-14-33(15-18-43,13-11-31(42)45)26-9-5-2-6-10-26/h1-10,20-22,29-30H,11-19,23H2,(H2,42,45). The fourth-order valence-corrected chi connectivity index (χ4v) is 7.11. The van der Waals surface area contributed by atoms with Crippen molar-refractivity contribution in [2.45, 2.75) is 74.8 Å². The number of rotatable bonds is 8. The second-order valence-electron chi connectivity index (χ2n) is 12.5. The Hall–Kier alpha value is -3.86. The molecule has 11 heteroatoms. The van der Waals surface area contributed by atoms with Crippen LogP contribution in [0.3, 0.4) is 0 Å². The van der Waals surface area contributed by atoms with Crippen molar-refractivity contribution in [2.24, 2.45) is 5.73 Å². The van der Waals surface area contributed by atoms with E-state index in [0.29, 0.717) is 37.8 Å². The Morgan fingerprint density at radius 3 is 1.91 bits per heavy atom. The van der Waals surface area contributed by atoms with Gasteiger partial charge < -0.3 is 15.5 Å². The van der Waals surface area contributed by atoms with E-state index in [2.05, 4.69) is 17.0 Å². The van der Waals surface area contributed by atoms with Crippen LogP contribution in [0.15, 0.2) is 78.9 Å². The maximum absolute atomic E-state index is 13.8. The van der Waals surface area contributed by atoms with Crippen LogP contribution >= 0.6 is 0 Å². The van der Waals surface area contributed by atoms with Crippen LogP contribution in [0.2, 0.25) is 0 Å². The number of carbonyl (C=O) groups is 2. The fraction of sp³-hybridized carbons (Fsp3) is 0.429. The van der Waals surface area contributed by atoms with Crippen molar-refractivity contribution in [3.8, 4) is 0 Å². The van der Waals surface area contributed by atoms with E-state index >= 15 is 0 Å². The number of piperidine rings is 2. The van der Waals surface area contributed by atoms with E-state index in [9.17, 15) is 35.9 Å². The van der Waals surface area contributed by atoms with Gasteiger partial charge in [-0.1, -0.05) is 60.7 Å². The molecule has 0 radical (unpaired) electrons. The highest BCUT2D eigenvalue weighted by molar-refractivity contribution is 5.95. The summed E-state index contributed by atoms with van der Waals surface area (Å²) < 4.78 is 81.6. The molecule has 0 saturated carbocycles. The third-order valence-corrected chi connectivity index (χ3v) is 9.61. The largest absolute Gasteiger partial charge is 0.416 e. The number of alkyl halides is 6. The van der Waals surface area contributed by atoms with E-state index in [-0.39, 0.29) is 36.4 Å². The van der Waals surface area contributed by atoms with E-state index in [4.69, 9.17) is 5.73 Å². The molecule has 0 bridgehead atoms. The number of nitrogens with two attached hydrogens (primary N) is 1. The molecule has 3 aromatic carbocycles. The lowest BCUT2D eigenvalue weighted by molar-refractivity contribution is -0.143. The van der Waals surface area contributed by atoms with Crippen molar-refractivity contribution < 1.29 is 35.9 Å². The molecule has 0 aromatic heterocycles. The molecular formula is C35H37F6N3O2. The summed E-state index contributed by atoms with van der Waals surface area (Å²) in [6, 6.07) is 20.1. The van der Waals surface area contributed by atoms with Gasteiger partial charge in [0.1, 0.15) is 0 Å². The average molecular weight is 646 g/mol. The van der Waals surface area contributed by atoms with Gasteiger partial charge >= 0.3 is 12.4 Å². The van der Waals surface area contributed by atoms with Crippen LogP contribution in [0.1, 0.15) is 71.1 Å². The first-order valence-electron chi connectivity index (χ1n) is 15.5. The summed E-state index contributed by atoms with van der Waals surface area (Å²) >= 11 is 0. The summed E-state index contributed by atoms with van der Waals surface area (Å²) in [6.07, 6.45) is -6.11. The van der Waals surface area contributed by atoms with Crippen LogP contribution in [0.5, 0.6) is 0 Å². The van der Waals surface area contributed by atoms with E-state index in [1.54, 1.807) is 0 Å². The quantitative estimate of drug-likeness (QED) is 0.263. The molecule has 3 aromatic rings. The van der Waals surface area contributed by atoms with Gasteiger partial charge in [0.2, 0.25) is 5.91 Å². The minimum absolute atomic E-state index is 0.0414. The Kier molecular flexibility index (Phi) is 9.81. The first-order chi connectivity index (χ1) is 21.7. The molecule has 2 fully saturated rings. The molecule has 2 amide bonds. The van der Waals surface area contributed by atoms with Gasteiger partial charge in [-0.2, -0.15) is 26.3 Å². The number of likely N-dealkylation sites (tertiary alicyclic amines) is 2. The van der Waals surface area contributed by atoms with Gasteiger partial charge in [0.25, 0.3) is 5.91 Å². The Balaban J connectivity index is 1.38. The summed E-state index contributed by atoms with van der Waals surface area (Å²) in [4.78, 5) is 29.3. The lowest BCUT2D eigenvalue weighted by Gasteiger charge is -2.48. The second-order valence-corrected chi connectivity index (χ2v) is 12.5. The zero-order valence-corrected chi connectivity index (χ0v) is 25.3. The van der Waals surface area contributed by atoms with Crippen LogP contribution < -0.4 is 5.73 Å². The predicted molar refractivity (Wildman–Crippen MR) is 162 cm³/mol. The molecule has 2 atom stereocenters. The van der Waals surface area contributed by atoms with Crippen molar-refractivity contribution in [1.29, 1.82) is 0 Å². The van der Waals surface area contributed by atoms with Crippen LogP contribution in [0.4, 0.5) is 26.3 Å². The zero-order valence-electron chi connectivity index (χ0n) is 25.3. The highest BCUT2D eigenvalue weighted by Crippen LogP contribution is 2.42. The van der Waals surface area contributed by atoms with E-state index in [1.807, 2.05) is 48.5 Å². The van der Waals surface area contributed by atoms with Crippen molar-refractivity contribution in [3.63, 3.8) is 0 Å². The lowest BCUT2D eigenvalue weighted by atomic mass is 9.69. The second kappa shape index (κ2) is 13.5. The number of amides is 2. The summed E-state index contributed by atoms with van der Waals surface area (Å²) in [5, 5.41) is 0. The molecule has 5 rings (SSSR count). The summed E-state index contributed by atoms with van der Waals surface area (Å²) in [7, 11) is 0. The number of hydrogen-bond acceptors (Lipinski definition) is 3. The molecular weight excluding hydrogens is 608 g/mol. The average Bonchev–Trinajstić information content (AvgIpc) is 3.03. The Morgan fingerprint density at radius 1 is 0.804 bits per heavy atom. The molecule has 5 nitrogen and oxygen atoms in total. The molecule has 0 aliphatic carbocycles. The first kappa shape index (κ1) is 33.5. The van der Waals surface area contributed by atoms with Crippen LogP contribution in [-0.4, -0.2) is 53.3 Å². The van der Waals surface area contributed by atoms with Gasteiger partial charge in [0, 0.05) is 30.6 Å². The smallest absolute Gasteiger partial charge is 0.370 e. The molecule has 2 N–H and O–H groups in total. The maximum atomic E-state index is 13.8. The molecule has 0 spiro atoms. The number of halogens is 6. The van der Waals surface area contributed by atoms with Crippen molar-refractivity contribution in [1.82, 2.24) is 9.80 Å². The summed E-state index contributed by atoms with van der Waals surface area (Å²) in [6.45, 7) is 1.68. The van der Waals surface area contributed by atoms with Crippen LogP contribution in [0.25, 0.3) is 0 Å². The Morgan fingerprint density at radius 2 is 1.37 bits per heavy atom. The topological polar surface area (TPSA) is 66.6 Å². The Bertz CT molecular complexity index is 1470. The van der Waals surface area contributed by atoms with Crippen molar-refractivity contribution in [3.05, 3.63) is 107 Å². The van der Waals surface area contributed by atoms with Crippen LogP contribution in [-0.2, 0) is 29.0 Å². The Labute approximate surface area is 264 Å². The normalized spacial score (nSPS) is 20.8. The van der Waals surface area contributed by atoms with Gasteiger partial charge in [0.15, 0.2) is 0 Å². The highest BCUT2D eigenvalue weighted by atomic mass is 19.4. The third-order valence-electron chi connectivity index (χ3n) is 9.61. The van der Waals surface area contributed by atoms with Gasteiger partial charge in [-0.05, 0) is 86.4 Å². The van der Waals surface area contributed by atoms with Gasteiger partial charge in [-0.25, -0.2) is 0 Å². The summed E-state index contributed by atoms with van der Waals surface area (Å²) in [5.74, 6) is -1.19. The summed E-state index contributed by atoms with van der Waals surface area (Å²) in [5.41, 5.74) is 3.75. The number of carbonyl (C=O) groups excluding carboxylic acids is 2. The molecule has 46 heavy (non-hydrogen) atoms. The molecule has 2 heterocycles. The number of nitrogens with zero attached hydrogens (tertiary/aromatic N) is 2. The number of benzene rings is 3. The lowest BCUT2D eigenvalue weighted by Crippen LogP contribution is -2.55. The zero-order chi connectivity index (χ0) is 33.1. The van der Waals surface area contributed by atoms with Gasteiger partial charge in [0.05, 0.1) is 11.1 Å². The van der Waals surface area contributed by atoms with E-state index in [0.717, 1.165) is 37.1 Å². The van der Waals surface area contributed by atoms with Gasteiger partial charge in [-0.3, -0.25) is 9.59 Å². The molecule has 246 valence electrons. The minimum Gasteiger partial charge on any atom is -0.370 e.